The number of alkyl halides is 3. The molecule has 0 aliphatic rings. The first kappa shape index (κ1) is 19.6. The second kappa shape index (κ2) is 7.28. The van der Waals surface area contributed by atoms with E-state index < -0.39 is 50.9 Å². The van der Waals surface area contributed by atoms with Gasteiger partial charge in [-0.05, 0) is 30.3 Å². The molecule has 140 valence electrons. The Balaban J connectivity index is 2.23. The van der Waals surface area contributed by atoms with Crippen molar-refractivity contribution in [1.29, 1.82) is 0 Å². The van der Waals surface area contributed by atoms with E-state index in [4.69, 9.17) is 0 Å². The molecule has 0 radical (unpaired) electrons. The maximum atomic E-state index is 13.6. The number of amides is 1. The van der Waals surface area contributed by atoms with E-state index in [2.05, 4.69) is 0 Å². The van der Waals surface area contributed by atoms with Crippen LogP contribution >= 0.6 is 0 Å². The number of sulfonamides is 1. The average molecular weight is 394 g/mol. The Labute approximate surface area is 144 Å². The molecule has 11 heteroatoms. The molecule has 0 unspecified atom stereocenters. The van der Waals surface area contributed by atoms with E-state index in [-0.39, 0.29) is 5.56 Å². The molecule has 2 N–H and O–H groups in total. The van der Waals surface area contributed by atoms with Crippen molar-refractivity contribution in [3.8, 4) is 0 Å². The molecule has 5 nitrogen and oxygen atoms in total. The number of hydrogen-bond donors (Lipinski definition) is 2. The van der Waals surface area contributed by atoms with Gasteiger partial charge in [0, 0.05) is 11.6 Å². The Morgan fingerprint density at radius 1 is 1.04 bits per heavy atom. The van der Waals surface area contributed by atoms with Gasteiger partial charge >= 0.3 is 6.18 Å². The van der Waals surface area contributed by atoms with Gasteiger partial charge in [0.15, 0.2) is 0 Å². The molecule has 0 spiro atoms. The summed E-state index contributed by atoms with van der Waals surface area (Å²) in [5.74, 6) is -3.20. The normalized spacial score (nSPS) is 11.9. The lowest BCUT2D eigenvalue weighted by atomic mass is 10.2. The fourth-order valence-electron chi connectivity index (χ4n) is 1.86. The molecule has 1 amide bonds. The lowest BCUT2D eigenvalue weighted by Gasteiger charge is -2.11. The lowest BCUT2D eigenvalue weighted by Crippen LogP contribution is -2.33. The maximum Gasteiger partial charge on any atom is 0.405 e. The SMILES string of the molecule is O=C(NCC(F)(F)F)c1cccc(S(=O)(=O)Nc2ccc(F)cc2F)c1. The fourth-order valence-corrected chi connectivity index (χ4v) is 2.98. The number of anilines is 1. The highest BCUT2D eigenvalue weighted by molar-refractivity contribution is 7.92. The largest absolute Gasteiger partial charge is 0.405 e. The first-order chi connectivity index (χ1) is 12.0. The third-order valence-corrected chi connectivity index (χ3v) is 4.39. The fraction of sp³-hybridized carbons (Fsp3) is 0.133. The van der Waals surface area contributed by atoms with Gasteiger partial charge in [-0.2, -0.15) is 13.2 Å². The molecular formula is C15H11F5N2O3S. The number of halogens is 5. The van der Waals surface area contributed by atoms with Crippen LogP contribution in [-0.4, -0.2) is 27.0 Å². The van der Waals surface area contributed by atoms with Gasteiger partial charge in [0.05, 0.1) is 10.6 Å². The zero-order chi connectivity index (χ0) is 19.5. The Morgan fingerprint density at radius 2 is 1.73 bits per heavy atom. The maximum absolute atomic E-state index is 13.6. The zero-order valence-corrected chi connectivity index (χ0v) is 13.6. The third-order valence-electron chi connectivity index (χ3n) is 3.03. The molecule has 2 rings (SSSR count). The van der Waals surface area contributed by atoms with Gasteiger partial charge in [0.2, 0.25) is 0 Å². The summed E-state index contributed by atoms with van der Waals surface area (Å²) in [6.45, 7) is -1.58. The van der Waals surface area contributed by atoms with Gasteiger partial charge in [-0.25, -0.2) is 17.2 Å². The van der Waals surface area contributed by atoms with E-state index in [0.717, 1.165) is 36.4 Å². The number of hydrogen-bond acceptors (Lipinski definition) is 3. The van der Waals surface area contributed by atoms with Crippen LogP contribution in [0, 0.1) is 11.6 Å². The molecule has 0 fully saturated rings. The first-order valence-corrected chi connectivity index (χ1v) is 8.39. The van der Waals surface area contributed by atoms with E-state index in [0.29, 0.717) is 6.07 Å². The van der Waals surface area contributed by atoms with E-state index in [1.807, 2.05) is 4.72 Å². The van der Waals surface area contributed by atoms with Crippen LogP contribution < -0.4 is 10.0 Å². The van der Waals surface area contributed by atoms with Gasteiger partial charge in [0.1, 0.15) is 18.2 Å². The Hall–Kier alpha value is -2.69. The highest BCUT2D eigenvalue weighted by atomic mass is 32.2. The van der Waals surface area contributed by atoms with Crippen molar-refractivity contribution >= 4 is 21.6 Å². The van der Waals surface area contributed by atoms with Gasteiger partial charge < -0.3 is 5.32 Å². The molecule has 0 heterocycles. The van der Waals surface area contributed by atoms with Crippen LogP contribution in [0.3, 0.4) is 0 Å². The smallest absolute Gasteiger partial charge is 0.343 e. The molecule has 0 aliphatic heterocycles. The van der Waals surface area contributed by atoms with Crippen molar-refractivity contribution in [3.63, 3.8) is 0 Å². The Bertz CT molecular complexity index is 929. The second-order valence-corrected chi connectivity index (χ2v) is 6.74. The molecular weight excluding hydrogens is 383 g/mol. The molecule has 0 saturated carbocycles. The minimum absolute atomic E-state index is 0.336. The summed E-state index contributed by atoms with van der Waals surface area (Å²) in [5.41, 5.74) is -0.866. The van der Waals surface area contributed by atoms with E-state index in [1.165, 1.54) is 0 Å². The van der Waals surface area contributed by atoms with E-state index in [1.54, 1.807) is 5.32 Å². The van der Waals surface area contributed by atoms with E-state index in [9.17, 15) is 35.2 Å². The van der Waals surface area contributed by atoms with Crippen LogP contribution in [0.1, 0.15) is 10.4 Å². The molecule has 0 aromatic heterocycles. The molecule has 0 saturated heterocycles. The predicted molar refractivity (Wildman–Crippen MR) is 82.0 cm³/mol. The van der Waals surface area contributed by atoms with Crippen molar-refractivity contribution in [2.75, 3.05) is 11.3 Å². The average Bonchev–Trinajstić information content (AvgIpc) is 2.54. The topological polar surface area (TPSA) is 75.3 Å². The van der Waals surface area contributed by atoms with Crippen LogP contribution in [0.4, 0.5) is 27.6 Å². The standard InChI is InChI=1S/C15H11F5N2O3S/c16-10-4-5-13(12(17)7-10)22-26(24,25)11-3-1-2-9(6-11)14(23)21-8-15(18,19)20/h1-7,22H,8H2,(H,21,23). The molecule has 0 bridgehead atoms. The summed E-state index contributed by atoms with van der Waals surface area (Å²) >= 11 is 0. The van der Waals surface area contributed by atoms with Gasteiger partial charge in [-0.15, -0.1) is 0 Å². The van der Waals surface area contributed by atoms with Gasteiger partial charge in [-0.1, -0.05) is 6.07 Å². The quantitative estimate of drug-likeness (QED) is 0.766. The third kappa shape index (κ3) is 5.15. The van der Waals surface area contributed by atoms with Crippen LogP contribution in [-0.2, 0) is 10.0 Å². The highest BCUT2D eigenvalue weighted by Gasteiger charge is 2.28. The zero-order valence-electron chi connectivity index (χ0n) is 12.8. The Kier molecular flexibility index (Phi) is 5.50. The number of benzene rings is 2. The number of carbonyl (C=O) groups is 1. The second-order valence-electron chi connectivity index (χ2n) is 5.06. The highest BCUT2D eigenvalue weighted by Crippen LogP contribution is 2.21. The molecule has 2 aromatic rings. The van der Waals surface area contributed by atoms with Crippen LogP contribution in [0.2, 0.25) is 0 Å². The lowest BCUT2D eigenvalue weighted by molar-refractivity contribution is -0.123. The van der Waals surface area contributed by atoms with E-state index >= 15 is 0 Å². The number of carbonyl (C=O) groups excluding carboxylic acids is 1. The van der Waals surface area contributed by atoms with Crippen LogP contribution in [0.25, 0.3) is 0 Å². The summed E-state index contributed by atoms with van der Waals surface area (Å²) in [6.07, 6.45) is -4.62. The summed E-state index contributed by atoms with van der Waals surface area (Å²) < 4.78 is 89.2. The Morgan fingerprint density at radius 3 is 2.35 bits per heavy atom. The molecule has 0 aliphatic carbocycles. The minimum atomic E-state index is -4.62. The summed E-state index contributed by atoms with van der Waals surface area (Å²) in [4.78, 5) is 11.2. The van der Waals surface area contributed by atoms with Gasteiger partial charge in [0.25, 0.3) is 15.9 Å². The molecule has 0 atom stereocenters. The predicted octanol–water partition coefficient (Wildman–Crippen LogP) is 3.06. The summed E-state index contributed by atoms with van der Waals surface area (Å²) in [5, 5.41) is 1.60. The number of rotatable bonds is 5. The van der Waals surface area contributed by atoms with Crippen molar-refractivity contribution in [3.05, 3.63) is 59.7 Å². The van der Waals surface area contributed by atoms with Crippen LogP contribution in [0.15, 0.2) is 47.4 Å². The minimum Gasteiger partial charge on any atom is -0.343 e. The van der Waals surface area contributed by atoms with Crippen molar-refractivity contribution in [2.24, 2.45) is 0 Å². The monoisotopic (exact) mass is 394 g/mol. The molecule has 2 aromatic carbocycles. The van der Waals surface area contributed by atoms with Gasteiger partial charge in [-0.3, -0.25) is 9.52 Å². The van der Waals surface area contributed by atoms with Crippen molar-refractivity contribution in [2.45, 2.75) is 11.1 Å². The van der Waals surface area contributed by atoms with Crippen LogP contribution in [0.5, 0.6) is 0 Å². The summed E-state index contributed by atoms with van der Waals surface area (Å²) in [6, 6.07) is 6.31. The van der Waals surface area contributed by atoms with Crippen molar-refractivity contribution < 1.29 is 35.2 Å². The number of nitrogens with one attached hydrogen (secondary N) is 2. The first-order valence-electron chi connectivity index (χ1n) is 6.91. The van der Waals surface area contributed by atoms with Crippen molar-refractivity contribution in [1.82, 2.24) is 5.32 Å². The summed E-state index contributed by atoms with van der Waals surface area (Å²) in [7, 11) is -4.36. The molecule has 26 heavy (non-hydrogen) atoms.